The van der Waals surface area contributed by atoms with E-state index >= 15 is 0 Å². The topological polar surface area (TPSA) is 76.5 Å². The Bertz CT molecular complexity index is 711. The Hall–Kier alpha value is -0.380. The van der Waals surface area contributed by atoms with E-state index in [1.165, 1.54) is 28.8 Å². The molecule has 2 aromatic rings. The van der Waals surface area contributed by atoms with Crippen molar-refractivity contribution in [3.05, 3.63) is 37.8 Å². The van der Waals surface area contributed by atoms with Crippen LogP contribution in [0, 0.1) is 0 Å². The lowest BCUT2D eigenvalue weighted by Crippen LogP contribution is -2.26. The molecule has 0 saturated heterocycles. The molecule has 2 N–H and O–H groups in total. The Balaban J connectivity index is 2.26. The first kappa shape index (κ1) is 16.0. The molecule has 5 nitrogen and oxygen atoms in total. The zero-order chi connectivity index (χ0) is 14.9. The van der Waals surface area contributed by atoms with Gasteiger partial charge in [-0.05, 0) is 28.1 Å². The Morgan fingerprint density at radius 1 is 1.50 bits per heavy atom. The quantitative estimate of drug-likeness (QED) is 0.838. The van der Waals surface area contributed by atoms with Crippen molar-refractivity contribution in [3.63, 3.8) is 0 Å². The predicted octanol–water partition coefficient (Wildman–Crippen LogP) is 3.04. The summed E-state index contributed by atoms with van der Waals surface area (Å²) in [6.07, 6.45) is 0. The maximum Gasteiger partial charge on any atom is 0.247 e. The third-order valence-electron chi connectivity index (χ3n) is 2.60. The largest absolute Gasteiger partial charge is 0.452 e. The number of thiophene rings is 1. The SMILES string of the molecule is CN(Cc1ccc(Cl)s1)S(=O)(=O)c1cc(CN)oc1Br. The van der Waals surface area contributed by atoms with Gasteiger partial charge in [-0.25, -0.2) is 8.42 Å². The van der Waals surface area contributed by atoms with Crippen LogP contribution in [0.3, 0.4) is 0 Å². The van der Waals surface area contributed by atoms with Crippen LogP contribution in [-0.4, -0.2) is 19.8 Å². The standard InChI is InChI=1S/C11H12BrClN2O3S2/c1-15(6-8-2-3-10(13)19-8)20(16,17)9-4-7(5-14)18-11(9)12/h2-4H,5-6,14H2,1H3. The minimum Gasteiger partial charge on any atom is -0.452 e. The van der Waals surface area contributed by atoms with Crippen molar-refractivity contribution in [2.24, 2.45) is 5.73 Å². The molecule has 110 valence electrons. The molecule has 20 heavy (non-hydrogen) atoms. The zero-order valence-corrected chi connectivity index (χ0v) is 14.4. The van der Waals surface area contributed by atoms with E-state index in [1.54, 1.807) is 12.1 Å². The van der Waals surface area contributed by atoms with Crippen molar-refractivity contribution in [2.75, 3.05) is 7.05 Å². The lowest BCUT2D eigenvalue weighted by Gasteiger charge is -2.15. The van der Waals surface area contributed by atoms with Gasteiger partial charge in [0.1, 0.15) is 10.7 Å². The van der Waals surface area contributed by atoms with Gasteiger partial charge in [0.15, 0.2) is 4.67 Å². The highest BCUT2D eigenvalue weighted by Crippen LogP contribution is 2.30. The van der Waals surface area contributed by atoms with Crippen molar-refractivity contribution < 1.29 is 12.8 Å². The summed E-state index contributed by atoms with van der Waals surface area (Å²) >= 11 is 10.3. The second kappa shape index (κ2) is 6.17. The van der Waals surface area contributed by atoms with Crippen LogP contribution in [0.15, 0.2) is 32.2 Å². The van der Waals surface area contributed by atoms with Crippen LogP contribution >= 0.6 is 38.9 Å². The fourth-order valence-corrected chi connectivity index (χ4v) is 4.91. The van der Waals surface area contributed by atoms with Gasteiger partial charge in [0.2, 0.25) is 10.0 Å². The Kier molecular flexibility index (Phi) is 4.93. The van der Waals surface area contributed by atoms with Gasteiger partial charge in [0.25, 0.3) is 0 Å². The van der Waals surface area contributed by atoms with Gasteiger partial charge in [0, 0.05) is 24.5 Å². The van der Waals surface area contributed by atoms with Crippen molar-refractivity contribution in [3.8, 4) is 0 Å². The molecule has 0 amide bonds. The summed E-state index contributed by atoms with van der Waals surface area (Å²) in [5.74, 6) is 0.406. The number of halogens is 2. The van der Waals surface area contributed by atoms with Gasteiger partial charge in [-0.3, -0.25) is 0 Å². The highest BCUT2D eigenvalue weighted by molar-refractivity contribution is 9.10. The van der Waals surface area contributed by atoms with Crippen LogP contribution in [0.1, 0.15) is 10.6 Å². The summed E-state index contributed by atoms with van der Waals surface area (Å²) in [5, 5.41) is 0. The molecule has 0 aromatic carbocycles. The van der Waals surface area contributed by atoms with E-state index in [0.29, 0.717) is 10.1 Å². The number of nitrogens with two attached hydrogens (primary N) is 1. The molecule has 2 aromatic heterocycles. The first-order valence-corrected chi connectivity index (χ1v) is 8.96. The molecular weight excluding hydrogens is 388 g/mol. The molecule has 0 spiro atoms. The lowest BCUT2D eigenvalue weighted by molar-refractivity contribution is 0.460. The first-order valence-electron chi connectivity index (χ1n) is 5.53. The molecule has 0 atom stereocenters. The zero-order valence-electron chi connectivity index (χ0n) is 10.5. The third-order valence-corrected chi connectivity index (χ3v) is 6.48. The molecule has 0 aliphatic rings. The number of rotatable bonds is 5. The minimum absolute atomic E-state index is 0.0723. The predicted molar refractivity (Wildman–Crippen MR) is 82.3 cm³/mol. The average Bonchev–Trinajstić information content (AvgIpc) is 2.95. The van der Waals surface area contributed by atoms with Crippen molar-refractivity contribution in [1.29, 1.82) is 0 Å². The van der Waals surface area contributed by atoms with E-state index in [9.17, 15) is 8.42 Å². The maximum absolute atomic E-state index is 12.5. The molecule has 0 radical (unpaired) electrons. The van der Waals surface area contributed by atoms with E-state index in [1.807, 2.05) is 0 Å². The summed E-state index contributed by atoms with van der Waals surface area (Å²) in [5.41, 5.74) is 5.44. The highest BCUT2D eigenvalue weighted by atomic mass is 79.9. The van der Waals surface area contributed by atoms with E-state index in [2.05, 4.69) is 15.9 Å². The summed E-state index contributed by atoms with van der Waals surface area (Å²) in [6.45, 7) is 0.383. The molecule has 0 unspecified atom stereocenters. The van der Waals surface area contributed by atoms with Crippen molar-refractivity contribution in [2.45, 2.75) is 18.0 Å². The normalized spacial score (nSPS) is 12.2. The Morgan fingerprint density at radius 3 is 2.70 bits per heavy atom. The molecule has 2 heterocycles. The van der Waals surface area contributed by atoms with Gasteiger partial charge >= 0.3 is 0 Å². The van der Waals surface area contributed by atoms with Crippen LogP contribution in [0.2, 0.25) is 4.34 Å². The summed E-state index contributed by atoms with van der Waals surface area (Å²) in [4.78, 5) is 0.933. The van der Waals surface area contributed by atoms with Crippen LogP contribution in [-0.2, 0) is 23.1 Å². The Labute approximate surface area is 134 Å². The average molecular weight is 400 g/mol. The van der Waals surface area contributed by atoms with E-state index in [4.69, 9.17) is 21.8 Å². The van der Waals surface area contributed by atoms with Crippen molar-refractivity contribution >= 4 is 48.9 Å². The fourth-order valence-electron chi connectivity index (χ4n) is 1.58. The third kappa shape index (κ3) is 3.26. The van der Waals surface area contributed by atoms with Crippen LogP contribution in [0.5, 0.6) is 0 Å². The molecule has 0 aliphatic carbocycles. The van der Waals surface area contributed by atoms with Gasteiger partial charge in [-0.2, -0.15) is 4.31 Å². The molecular formula is C11H12BrClN2O3S2. The van der Waals surface area contributed by atoms with E-state index < -0.39 is 10.0 Å². The molecule has 0 fully saturated rings. The molecule has 9 heteroatoms. The minimum atomic E-state index is -3.65. The van der Waals surface area contributed by atoms with Gasteiger partial charge in [-0.15, -0.1) is 11.3 Å². The van der Waals surface area contributed by atoms with Gasteiger partial charge in [0.05, 0.1) is 10.9 Å². The maximum atomic E-state index is 12.5. The van der Waals surface area contributed by atoms with Crippen molar-refractivity contribution in [1.82, 2.24) is 4.31 Å². The number of hydrogen-bond acceptors (Lipinski definition) is 5. The monoisotopic (exact) mass is 398 g/mol. The molecule has 0 bridgehead atoms. The fraction of sp³-hybridized carbons (Fsp3) is 0.273. The van der Waals surface area contributed by atoms with Crippen LogP contribution in [0.4, 0.5) is 0 Å². The number of sulfonamides is 1. The molecule has 0 saturated carbocycles. The Morgan fingerprint density at radius 2 is 2.20 bits per heavy atom. The smallest absolute Gasteiger partial charge is 0.247 e. The summed E-state index contributed by atoms with van der Waals surface area (Å²) in [7, 11) is -2.14. The lowest BCUT2D eigenvalue weighted by atomic mass is 10.5. The van der Waals surface area contributed by atoms with Crippen LogP contribution < -0.4 is 5.73 Å². The molecule has 2 rings (SSSR count). The van der Waals surface area contributed by atoms with Gasteiger partial charge in [-0.1, -0.05) is 11.6 Å². The molecule has 0 aliphatic heterocycles. The summed E-state index contributed by atoms with van der Waals surface area (Å²) < 4.78 is 32.2. The number of hydrogen-bond donors (Lipinski definition) is 1. The second-order valence-electron chi connectivity index (χ2n) is 4.02. The van der Waals surface area contributed by atoms with E-state index in [-0.39, 0.29) is 22.7 Å². The highest BCUT2D eigenvalue weighted by Gasteiger charge is 2.27. The van der Waals surface area contributed by atoms with Crippen LogP contribution in [0.25, 0.3) is 0 Å². The first-order chi connectivity index (χ1) is 9.34. The van der Waals surface area contributed by atoms with E-state index in [0.717, 1.165) is 4.88 Å². The second-order valence-corrected chi connectivity index (χ2v) is 8.55. The van der Waals surface area contributed by atoms with Gasteiger partial charge < -0.3 is 10.2 Å². The number of furan rings is 1. The number of nitrogens with zero attached hydrogens (tertiary/aromatic N) is 1. The summed E-state index contributed by atoms with van der Waals surface area (Å²) in [6, 6.07) is 4.97.